The SMILES string of the molecule is CCOc1ccc(NC(=O)c2cccc(C)n2)cc1CCl. The van der Waals surface area contributed by atoms with E-state index >= 15 is 0 Å². The summed E-state index contributed by atoms with van der Waals surface area (Å²) in [6, 6.07) is 10.7. The molecule has 1 aromatic heterocycles. The lowest BCUT2D eigenvalue weighted by molar-refractivity contribution is 0.102. The van der Waals surface area contributed by atoms with E-state index in [1.54, 1.807) is 24.3 Å². The van der Waals surface area contributed by atoms with Crippen molar-refractivity contribution in [3.8, 4) is 5.75 Å². The zero-order valence-electron chi connectivity index (χ0n) is 12.0. The lowest BCUT2D eigenvalue weighted by atomic mass is 10.2. The predicted molar refractivity (Wildman–Crippen MR) is 84.1 cm³/mol. The van der Waals surface area contributed by atoms with Crippen LogP contribution in [0.2, 0.25) is 0 Å². The number of hydrogen-bond acceptors (Lipinski definition) is 3. The van der Waals surface area contributed by atoms with Gasteiger partial charge in [0.05, 0.1) is 12.5 Å². The van der Waals surface area contributed by atoms with Crippen molar-refractivity contribution < 1.29 is 9.53 Å². The number of carbonyl (C=O) groups is 1. The number of hydrogen-bond donors (Lipinski definition) is 1. The molecule has 0 aliphatic rings. The van der Waals surface area contributed by atoms with Crippen LogP contribution in [0.4, 0.5) is 5.69 Å². The van der Waals surface area contributed by atoms with Gasteiger partial charge in [-0.25, -0.2) is 4.98 Å². The summed E-state index contributed by atoms with van der Waals surface area (Å²) >= 11 is 5.91. The zero-order valence-corrected chi connectivity index (χ0v) is 12.8. The van der Waals surface area contributed by atoms with Crippen molar-refractivity contribution in [2.45, 2.75) is 19.7 Å². The van der Waals surface area contributed by atoms with Crippen molar-refractivity contribution in [1.82, 2.24) is 4.98 Å². The van der Waals surface area contributed by atoms with Crippen molar-refractivity contribution in [3.05, 3.63) is 53.3 Å². The molecule has 0 aliphatic heterocycles. The van der Waals surface area contributed by atoms with Gasteiger partial charge in [-0.3, -0.25) is 4.79 Å². The molecule has 2 rings (SSSR count). The van der Waals surface area contributed by atoms with E-state index in [1.807, 2.05) is 26.0 Å². The first-order valence-electron chi connectivity index (χ1n) is 6.70. The van der Waals surface area contributed by atoms with Gasteiger partial charge in [0.15, 0.2) is 0 Å². The maximum absolute atomic E-state index is 12.1. The molecule has 1 heterocycles. The van der Waals surface area contributed by atoms with E-state index in [2.05, 4.69) is 10.3 Å². The fourth-order valence-electron chi connectivity index (χ4n) is 1.92. The number of aromatic nitrogens is 1. The predicted octanol–water partition coefficient (Wildman–Crippen LogP) is 3.78. The van der Waals surface area contributed by atoms with E-state index in [9.17, 15) is 4.79 Å². The Balaban J connectivity index is 2.17. The van der Waals surface area contributed by atoms with Gasteiger partial charge in [0.1, 0.15) is 11.4 Å². The lowest BCUT2D eigenvalue weighted by Crippen LogP contribution is -2.14. The minimum Gasteiger partial charge on any atom is -0.494 e. The molecule has 0 unspecified atom stereocenters. The Morgan fingerprint density at radius 2 is 2.14 bits per heavy atom. The van der Waals surface area contributed by atoms with Gasteiger partial charge in [-0.2, -0.15) is 0 Å². The smallest absolute Gasteiger partial charge is 0.274 e. The van der Waals surface area contributed by atoms with E-state index in [0.717, 1.165) is 17.0 Å². The summed E-state index contributed by atoms with van der Waals surface area (Å²) in [5.74, 6) is 0.810. The number of ether oxygens (including phenoxy) is 1. The molecule has 1 N–H and O–H groups in total. The second-order valence-electron chi connectivity index (χ2n) is 4.51. The number of pyridine rings is 1. The van der Waals surface area contributed by atoms with Gasteiger partial charge in [0.2, 0.25) is 0 Å². The molecule has 0 fully saturated rings. The molecule has 4 nitrogen and oxygen atoms in total. The van der Waals surface area contributed by atoms with Crippen molar-refractivity contribution in [2.24, 2.45) is 0 Å². The van der Waals surface area contributed by atoms with Gasteiger partial charge >= 0.3 is 0 Å². The normalized spacial score (nSPS) is 10.2. The van der Waals surface area contributed by atoms with Crippen molar-refractivity contribution in [3.63, 3.8) is 0 Å². The average molecular weight is 305 g/mol. The Kier molecular flexibility index (Phi) is 5.17. The topological polar surface area (TPSA) is 51.2 Å². The van der Waals surface area contributed by atoms with Gasteiger partial charge in [-0.15, -0.1) is 11.6 Å². The van der Waals surface area contributed by atoms with E-state index in [4.69, 9.17) is 16.3 Å². The van der Waals surface area contributed by atoms with E-state index in [0.29, 0.717) is 23.9 Å². The second-order valence-corrected chi connectivity index (χ2v) is 4.77. The average Bonchev–Trinajstić information content (AvgIpc) is 2.49. The highest BCUT2D eigenvalue weighted by Crippen LogP contribution is 2.24. The third kappa shape index (κ3) is 3.95. The quantitative estimate of drug-likeness (QED) is 0.855. The van der Waals surface area contributed by atoms with Crippen LogP contribution in [0.3, 0.4) is 0 Å². The molecule has 1 aromatic carbocycles. The molecule has 0 spiro atoms. The van der Waals surface area contributed by atoms with Crippen molar-refractivity contribution in [2.75, 3.05) is 11.9 Å². The second kappa shape index (κ2) is 7.09. The van der Waals surface area contributed by atoms with E-state index < -0.39 is 0 Å². The highest BCUT2D eigenvalue weighted by atomic mass is 35.5. The molecule has 0 saturated heterocycles. The fourth-order valence-corrected chi connectivity index (χ4v) is 2.13. The highest BCUT2D eigenvalue weighted by molar-refractivity contribution is 6.17. The number of benzene rings is 1. The third-order valence-electron chi connectivity index (χ3n) is 2.88. The molecule has 5 heteroatoms. The lowest BCUT2D eigenvalue weighted by Gasteiger charge is -2.11. The van der Waals surface area contributed by atoms with Crippen LogP contribution in [-0.4, -0.2) is 17.5 Å². The molecule has 0 saturated carbocycles. The molecule has 1 amide bonds. The Morgan fingerprint density at radius 3 is 2.81 bits per heavy atom. The van der Waals surface area contributed by atoms with Crippen LogP contribution in [0.15, 0.2) is 36.4 Å². The third-order valence-corrected chi connectivity index (χ3v) is 3.17. The van der Waals surface area contributed by atoms with Gasteiger partial charge in [-0.1, -0.05) is 6.07 Å². The first-order chi connectivity index (χ1) is 10.1. The molecule has 0 radical (unpaired) electrons. The first kappa shape index (κ1) is 15.3. The summed E-state index contributed by atoms with van der Waals surface area (Å²) in [6.07, 6.45) is 0. The number of amides is 1. The minimum atomic E-state index is -0.247. The van der Waals surface area contributed by atoms with Crippen LogP contribution < -0.4 is 10.1 Å². The number of aryl methyl sites for hydroxylation is 1. The molecule has 2 aromatic rings. The molecule has 21 heavy (non-hydrogen) atoms. The van der Waals surface area contributed by atoms with Gasteiger partial charge in [0.25, 0.3) is 5.91 Å². The summed E-state index contributed by atoms with van der Waals surface area (Å²) in [5, 5.41) is 2.81. The number of carbonyl (C=O) groups excluding carboxylic acids is 1. The monoisotopic (exact) mass is 304 g/mol. The summed E-state index contributed by atoms with van der Waals surface area (Å²) in [6.45, 7) is 4.33. The summed E-state index contributed by atoms with van der Waals surface area (Å²) in [7, 11) is 0. The zero-order chi connectivity index (χ0) is 15.2. The number of nitrogens with zero attached hydrogens (tertiary/aromatic N) is 1. The van der Waals surface area contributed by atoms with Crippen LogP contribution in [0, 0.1) is 6.92 Å². The maximum atomic E-state index is 12.1. The standard InChI is InChI=1S/C16H17ClN2O2/c1-3-21-15-8-7-13(9-12(15)10-17)19-16(20)14-6-4-5-11(2)18-14/h4-9H,3,10H2,1-2H3,(H,19,20). The number of anilines is 1. The number of rotatable bonds is 5. The van der Waals surface area contributed by atoms with E-state index in [-0.39, 0.29) is 5.91 Å². The van der Waals surface area contributed by atoms with Crippen LogP contribution in [-0.2, 0) is 5.88 Å². The first-order valence-corrected chi connectivity index (χ1v) is 7.24. The summed E-state index contributed by atoms with van der Waals surface area (Å²) in [4.78, 5) is 16.3. The van der Waals surface area contributed by atoms with Crippen molar-refractivity contribution in [1.29, 1.82) is 0 Å². The van der Waals surface area contributed by atoms with Gasteiger partial charge < -0.3 is 10.1 Å². The number of halogens is 1. The summed E-state index contributed by atoms with van der Waals surface area (Å²) in [5.41, 5.74) is 2.70. The molecule has 110 valence electrons. The minimum absolute atomic E-state index is 0.247. The fraction of sp³-hybridized carbons (Fsp3) is 0.250. The summed E-state index contributed by atoms with van der Waals surface area (Å²) < 4.78 is 5.48. The maximum Gasteiger partial charge on any atom is 0.274 e. The number of alkyl halides is 1. The van der Waals surface area contributed by atoms with Gasteiger partial charge in [-0.05, 0) is 44.2 Å². The Hall–Kier alpha value is -2.07. The highest BCUT2D eigenvalue weighted by Gasteiger charge is 2.10. The largest absolute Gasteiger partial charge is 0.494 e. The van der Waals surface area contributed by atoms with Crippen LogP contribution in [0.1, 0.15) is 28.7 Å². The van der Waals surface area contributed by atoms with E-state index in [1.165, 1.54) is 0 Å². The van der Waals surface area contributed by atoms with Gasteiger partial charge in [0, 0.05) is 16.9 Å². The van der Waals surface area contributed by atoms with Crippen LogP contribution in [0.5, 0.6) is 5.75 Å². The van der Waals surface area contributed by atoms with Crippen LogP contribution in [0.25, 0.3) is 0 Å². The molecule has 0 atom stereocenters. The molecular weight excluding hydrogens is 288 g/mol. The molecular formula is C16H17ClN2O2. The molecule has 0 aliphatic carbocycles. The molecule has 0 bridgehead atoms. The van der Waals surface area contributed by atoms with Crippen molar-refractivity contribution >= 4 is 23.2 Å². The Labute approximate surface area is 129 Å². The van der Waals surface area contributed by atoms with Crippen LogP contribution >= 0.6 is 11.6 Å². The Bertz CT molecular complexity index is 644. The Morgan fingerprint density at radius 1 is 1.33 bits per heavy atom. The number of nitrogens with one attached hydrogen (secondary N) is 1.